The van der Waals surface area contributed by atoms with Crippen molar-refractivity contribution >= 4 is 0 Å². The first-order valence-corrected chi connectivity index (χ1v) is 7.83. The Labute approximate surface area is 127 Å². The van der Waals surface area contributed by atoms with E-state index in [9.17, 15) is 0 Å². The maximum Gasteiger partial charge on any atom is 0.0328 e. The molecule has 1 aromatic carbocycles. The molecule has 0 radical (unpaired) electrons. The van der Waals surface area contributed by atoms with Gasteiger partial charge in [-0.15, -0.1) is 0 Å². The second kappa shape index (κ2) is 5.61. The van der Waals surface area contributed by atoms with E-state index >= 15 is 0 Å². The minimum atomic E-state index is 0.284. The van der Waals surface area contributed by atoms with Gasteiger partial charge in [-0.2, -0.15) is 0 Å². The van der Waals surface area contributed by atoms with Crippen molar-refractivity contribution in [3.63, 3.8) is 0 Å². The molecule has 110 valence electrons. The van der Waals surface area contributed by atoms with Crippen molar-refractivity contribution < 1.29 is 0 Å². The zero-order chi connectivity index (χ0) is 14.9. The zero-order valence-corrected chi connectivity index (χ0v) is 13.1. The van der Waals surface area contributed by atoms with Crippen LogP contribution >= 0.6 is 0 Å². The van der Waals surface area contributed by atoms with Crippen LogP contribution in [0.1, 0.15) is 62.4 Å². The van der Waals surface area contributed by atoms with E-state index in [1.165, 1.54) is 29.5 Å². The highest BCUT2D eigenvalue weighted by Gasteiger charge is 2.32. The molecule has 2 heteroatoms. The van der Waals surface area contributed by atoms with Crippen molar-refractivity contribution in [2.45, 2.75) is 51.1 Å². The van der Waals surface area contributed by atoms with E-state index in [-0.39, 0.29) is 5.41 Å². The second-order valence-corrected chi connectivity index (χ2v) is 6.74. The quantitative estimate of drug-likeness (QED) is 0.892. The van der Waals surface area contributed by atoms with Gasteiger partial charge in [0.05, 0.1) is 0 Å². The second-order valence-electron chi connectivity index (χ2n) is 6.74. The summed E-state index contributed by atoms with van der Waals surface area (Å²) in [6, 6.07) is 13.8. The number of aromatic nitrogens is 1. The van der Waals surface area contributed by atoms with Gasteiger partial charge in [-0.3, -0.25) is 4.98 Å². The summed E-state index contributed by atoms with van der Waals surface area (Å²) in [6.45, 7) is 6.93. The third kappa shape index (κ3) is 2.86. The standard InChI is InChI=1S/C19H24N2/c1-14(15-7-6-12-20-13-15)21-18-10-11-19(2,3)17-9-5-4-8-16(17)18/h4-9,12-14,18,21H,10-11H2,1-3H3. The normalized spacial score (nSPS) is 21.6. The number of hydrogen-bond acceptors (Lipinski definition) is 2. The first-order valence-electron chi connectivity index (χ1n) is 7.83. The van der Waals surface area contributed by atoms with E-state index in [0.29, 0.717) is 12.1 Å². The average Bonchev–Trinajstić information content (AvgIpc) is 2.51. The lowest BCUT2D eigenvalue weighted by molar-refractivity contribution is 0.340. The van der Waals surface area contributed by atoms with Crippen LogP contribution in [0.3, 0.4) is 0 Å². The van der Waals surface area contributed by atoms with Crippen LogP contribution < -0.4 is 5.32 Å². The molecule has 3 rings (SSSR count). The van der Waals surface area contributed by atoms with E-state index < -0.39 is 0 Å². The SMILES string of the molecule is CC(NC1CCC(C)(C)c2ccccc21)c1cccnc1. The monoisotopic (exact) mass is 280 g/mol. The Bertz CT molecular complexity index is 604. The van der Waals surface area contributed by atoms with Gasteiger partial charge in [-0.25, -0.2) is 0 Å². The number of nitrogens with zero attached hydrogens (tertiary/aromatic N) is 1. The fourth-order valence-corrected chi connectivity index (χ4v) is 3.42. The predicted molar refractivity (Wildman–Crippen MR) is 87.2 cm³/mol. The summed E-state index contributed by atoms with van der Waals surface area (Å²) in [5.74, 6) is 0. The molecule has 0 saturated carbocycles. The minimum absolute atomic E-state index is 0.284. The summed E-state index contributed by atoms with van der Waals surface area (Å²) in [5.41, 5.74) is 4.49. The zero-order valence-electron chi connectivity index (χ0n) is 13.1. The summed E-state index contributed by atoms with van der Waals surface area (Å²) in [5, 5.41) is 3.79. The van der Waals surface area contributed by atoms with Crippen molar-refractivity contribution in [1.82, 2.24) is 10.3 Å². The number of pyridine rings is 1. The van der Waals surface area contributed by atoms with Gasteiger partial charge in [0, 0.05) is 24.5 Å². The van der Waals surface area contributed by atoms with Crippen LogP contribution in [0, 0.1) is 0 Å². The molecule has 1 heterocycles. The largest absolute Gasteiger partial charge is 0.303 e. The Balaban J connectivity index is 1.84. The molecule has 2 aromatic rings. The molecule has 2 unspecified atom stereocenters. The Morgan fingerprint density at radius 2 is 2.00 bits per heavy atom. The van der Waals surface area contributed by atoms with Gasteiger partial charge >= 0.3 is 0 Å². The Morgan fingerprint density at radius 3 is 2.76 bits per heavy atom. The predicted octanol–water partition coefficient (Wildman–Crippen LogP) is 4.54. The molecule has 0 spiro atoms. The first-order chi connectivity index (χ1) is 10.1. The van der Waals surface area contributed by atoms with Gasteiger partial charge in [0.25, 0.3) is 0 Å². The number of fused-ring (bicyclic) bond motifs is 1. The fourth-order valence-electron chi connectivity index (χ4n) is 3.42. The lowest BCUT2D eigenvalue weighted by Crippen LogP contribution is -2.33. The lowest BCUT2D eigenvalue weighted by atomic mass is 9.71. The van der Waals surface area contributed by atoms with Crippen molar-refractivity contribution in [1.29, 1.82) is 0 Å². The van der Waals surface area contributed by atoms with Crippen molar-refractivity contribution in [3.8, 4) is 0 Å². The number of nitrogens with one attached hydrogen (secondary N) is 1. The molecule has 1 aromatic heterocycles. The van der Waals surface area contributed by atoms with Gasteiger partial charge in [0.15, 0.2) is 0 Å². The van der Waals surface area contributed by atoms with E-state index in [1.807, 2.05) is 18.5 Å². The van der Waals surface area contributed by atoms with Gasteiger partial charge in [-0.05, 0) is 47.9 Å². The topological polar surface area (TPSA) is 24.9 Å². The van der Waals surface area contributed by atoms with Gasteiger partial charge < -0.3 is 5.32 Å². The van der Waals surface area contributed by atoms with Gasteiger partial charge in [0.2, 0.25) is 0 Å². The maximum absolute atomic E-state index is 4.23. The summed E-state index contributed by atoms with van der Waals surface area (Å²) >= 11 is 0. The summed E-state index contributed by atoms with van der Waals surface area (Å²) in [6.07, 6.45) is 6.20. The average molecular weight is 280 g/mol. The Hall–Kier alpha value is -1.67. The number of rotatable bonds is 3. The third-order valence-electron chi connectivity index (χ3n) is 4.76. The van der Waals surface area contributed by atoms with Crippen LogP contribution in [-0.4, -0.2) is 4.98 Å². The maximum atomic E-state index is 4.23. The molecule has 0 fully saturated rings. The molecular weight excluding hydrogens is 256 g/mol. The van der Waals surface area contributed by atoms with Crippen LogP contribution in [0.25, 0.3) is 0 Å². The molecule has 2 nitrogen and oxygen atoms in total. The van der Waals surface area contributed by atoms with Crippen LogP contribution in [0.4, 0.5) is 0 Å². The van der Waals surface area contributed by atoms with Crippen LogP contribution in [0.15, 0.2) is 48.8 Å². The third-order valence-corrected chi connectivity index (χ3v) is 4.76. The van der Waals surface area contributed by atoms with Crippen LogP contribution in [-0.2, 0) is 5.41 Å². The Kier molecular flexibility index (Phi) is 3.81. The molecule has 0 saturated heterocycles. The van der Waals surface area contributed by atoms with Crippen LogP contribution in [0.2, 0.25) is 0 Å². The summed E-state index contributed by atoms with van der Waals surface area (Å²) in [7, 11) is 0. The molecule has 1 N–H and O–H groups in total. The van der Waals surface area contributed by atoms with E-state index in [0.717, 1.165) is 0 Å². The molecular formula is C19H24N2. The van der Waals surface area contributed by atoms with Crippen molar-refractivity contribution in [3.05, 3.63) is 65.5 Å². The van der Waals surface area contributed by atoms with E-state index in [1.54, 1.807) is 0 Å². The molecule has 0 amide bonds. The number of benzene rings is 1. The molecule has 0 bridgehead atoms. The van der Waals surface area contributed by atoms with E-state index in [2.05, 4.69) is 61.4 Å². The molecule has 1 aliphatic carbocycles. The lowest BCUT2D eigenvalue weighted by Gasteiger charge is -2.38. The summed E-state index contributed by atoms with van der Waals surface area (Å²) < 4.78 is 0. The minimum Gasteiger partial charge on any atom is -0.303 e. The van der Waals surface area contributed by atoms with Gasteiger partial charge in [-0.1, -0.05) is 44.2 Å². The fraction of sp³-hybridized carbons (Fsp3) is 0.421. The molecule has 2 atom stereocenters. The highest BCUT2D eigenvalue weighted by molar-refractivity contribution is 5.38. The highest BCUT2D eigenvalue weighted by Crippen LogP contribution is 2.42. The molecule has 0 aliphatic heterocycles. The Morgan fingerprint density at radius 1 is 1.19 bits per heavy atom. The summed E-state index contributed by atoms with van der Waals surface area (Å²) in [4.78, 5) is 4.23. The highest BCUT2D eigenvalue weighted by atomic mass is 15.0. The van der Waals surface area contributed by atoms with Gasteiger partial charge in [0.1, 0.15) is 0 Å². The van der Waals surface area contributed by atoms with Crippen molar-refractivity contribution in [2.24, 2.45) is 0 Å². The van der Waals surface area contributed by atoms with Crippen LogP contribution in [0.5, 0.6) is 0 Å². The molecule has 1 aliphatic rings. The molecule has 21 heavy (non-hydrogen) atoms. The van der Waals surface area contributed by atoms with Crippen molar-refractivity contribution in [2.75, 3.05) is 0 Å². The first kappa shape index (κ1) is 14.3. The number of hydrogen-bond donors (Lipinski definition) is 1. The van der Waals surface area contributed by atoms with E-state index in [4.69, 9.17) is 0 Å². The smallest absolute Gasteiger partial charge is 0.0328 e.